The van der Waals surface area contributed by atoms with Crippen LogP contribution in [0.4, 0.5) is 0 Å². The highest BCUT2D eigenvalue weighted by atomic mass is 16.5. The largest absolute Gasteiger partial charge is 0.496 e. The van der Waals surface area contributed by atoms with Gasteiger partial charge in [-0.15, -0.1) is 0 Å². The lowest BCUT2D eigenvalue weighted by Gasteiger charge is -2.12. The van der Waals surface area contributed by atoms with Crippen LogP contribution in [0.2, 0.25) is 0 Å². The fourth-order valence-electron chi connectivity index (χ4n) is 2.64. The summed E-state index contributed by atoms with van der Waals surface area (Å²) in [7, 11) is 1.64. The number of hydrogen-bond acceptors (Lipinski definition) is 3. The van der Waals surface area contributed by atoms with Crippen LogP contribution in [-0.2, 0) is 6.42 Å². The van der Waals surface area contributed by atoms with Gasteiger partial charge in [-0.1, -0.05) is 17.2 Å². The van der Waals surface area contributed by atoms with Gasteiger partial charge in [-0.3, -0.25) is 9.78 Å². The zero-order valence-electron chi connectivity index (χ0n) is 13.3. The van der Waals surface area contributed by atoms with Crippen LogP contribution < -0.4 is 4.74 Å². The predicted molar refractivity (Wildman–Crippen MR) is 84.2 cm³/mol. The Balaban J connectivity index is 2.32. The van der Waals surface area contributed by atoms with Crippen molar-refractivity contribution in [2.45, 2.75) is 34.1 Å². The minimum absolute atomic E-state index is 0.0864. The number of Topliss-reactive ketones (excluding diaryl/α,β-unsaturated/α-hetero) is 1. The summed E-state index contributed by atoms with van der Waals surface area (Å²) in [5.74, 6) is 0.900. The Hall–Kier alpha value is -2.16. The van der Waals surface area contributed by atoms with E-state index in [1.54, 1.807) is 13.3 Å². The van der Waals surface area contributed by atoms with E-state index in [0.29, 0.717) is 6.42 Å². The first kappa shape index (κ1) is 15.2. The van der Waals surface area contributed by atoms with Gasteiger partial charge in [0.2, 0.25) is 0 Å². The van der Waals surface area contributed by atoms with E-state index in [0.717, 1.165) is 39.3 Å². The summed E-state index contributed by atoms with van der Waals surface area (Å²) in [4.78, 5) is 16.9. The van der Waals surface area contributed by atoms with Crippen molar-refractivity contribution in [1.29, 1.82) is 0 Å². The molecule has 2 aromatic rings. The van der Waals surface area contributed by atoms with Crippen LogP contribution in [-0.4, -0.2) is 17.9 Å². The molecule has 1 aromatic heterocycles. The molecule has 3 heteroatoms. The number of carbonyl (C=O) groups is 1. The van der Waals surface area contributed by atoms with Crippen LogP contribution in [0.5, 0.6) is 5.75 Å². The summed E-state index contributed by atoms with van der Waals surface area (Å²) in [5, 5.41) is 0. The molecule has 0 aliphatic carbocycles. The van der Waals surface area contributed by atoms with Gasteiger partial charge in [0.25, 0.3) is 0 Å². The van der Waals surface area contributed by atoms with Gasteiger partial charge < -0.3 is 4.74 Å². The summed E-state index contributed by atoms with van der Waals surface area (Å²) in [6, 6.07) is 5.92. The van der Waals surface area contributed by atoms with Crippen molar-refractivity contribution in [3.05, 3.63) is 57.9 Å². The van der Waals surface area contributed by atoms with E-state index in [9.17, 15) is 4.79 Å². The fourth-order valence-corrected chi connectivity index (χ4v) is 2.64. The second-order valence-corrected chi connectivity index (χ2v) is 5.52. The van der Waals surface area contributed by atoms with E-state index < -0.39 is 0 Å². The zero-order valence-corrected chi connectivity index (χ0v) is 13.3. The summed E-state index contributed by atoms with van der Waals surface area (Å²) in [6.45, 7) is 7.90. The van der Waals surface area contributed by atoms with Gasteiger partial charge >= 0.3 is 0 Å². The van der Waals surface area contributed by atoms with E-state index in [4.69, 9.17) is 4.74 Å². The Labute approximate surface area is 126 Å². The molecule has 0 radical (unpaired) electrons. The third-order valence-electron chi connectivity index (χ3n) is 3.62. The highest BCUT2D eigenvalue weighted by Crippen LogP contribution is 2.25. The molecule has 110 valence electrons. The number of methoxy groups -OCH3 is 1. The number of ketones is 1. The number of aryl methyl sites for hydroxylation is 3. The highest BCUT2D eigenvalue weighted by Gasteiger charge is 2.14. The maximum absolute atomic E-state index is 12.5. The SMILES string of the molecule is COc1c(C)cnc(CC(=O)c2cc(C)cc(C)c2)c1C. The quantitative estimate of drug-likeness (QED) is 0.802. The maximum atomic E-state index is 12.5. The predicted octanol–water partition coefficient (Wildman–Crippen LogP) is 3.75. The standard InChI is InChI=1S/C18H21NO2/c1-11-6-12(2)8-15(7-11)17(20)9-16-14(4)18(21-5)13(3)10-19-16/h6-8,10H,9H2,1-5H3. The van der Waals surface area contributed by atoms with Crippen molar-refractivity contribution in [2.24, 2.45) is 0 Å². The molecule has 21 heavy (non-hydrogen) atoms. The smallest absolute Gasteiger partial charge is 0.168 e. The Morgan fingerprint density at radius 3 is 2.29 bits per heavy atom. The van der Waals surface area contributed by atoms with Crippen molar-refractivity contribution >= 4 is 5.78 Å². The Morgan fingerprint density at radius 2 is 1.71 bits per heavy atom. The number of carbonyl (C=O) groups excluding carboxylic acids is 1. The van der Waals surface area contributed by atoms with Crippen molar-refractivity contribution in [3.63, 3.8) is 0 Å². The lowest BCUT2D eigenvalue weighted by atomic mass is 9.99. The molecule has 0 unspecified atom stereocenters. The molecule has 0 atom stereocenters. The Morgan fingerprint density at radius 1 is 1.10 bits per heavy atom. The maximum Gasteiger partial charge on any atom is 0.168 e. The normalized spacial score (nSPS) is 10.5. The van der Waals surface area contributed by atoms with Crippen LogP contribution in [0.25, 0.3) is 0 Å². The van der Waals surface area contributed by atoms with Crippen LogP contribution in [0.15, 0.2) is 24.4 Å². The number of rotatable bonds is 4. The molecule has 2 rings (SSSR count). The van der Waals surface area contributed by atoms with E-state index in [-0.39, 0.29) is 5.78 Å². The van der Waals surface area contributed by atoms with E-state index in [2.05, 4.69) is 11.1 Å². The summed E-state index contributed by atoms with van der Waals surface area (Å²) in [6.07, 6.45) is 2.06. The molecule has 0 spiro atoms. The van der Waals surface area contributed by atoms with Crippen molar-refractivity contribution in [2.75, 3.05) is 7.11 Å². The first-order valence-corrected chi connectivity index (χ1v) is 7.03. The number of ether oxygens (including phenoxy) is 1. The number of pyridine rings is 1. The van der Waals surface area contributed by atoms with Gasteiger partial charge in [0.05, 0.1) is 19.2 Å². The molecule has 1 heterocycles. The number of aromatic nitrogens is 1. The van der Waals surface area contributed by atoms with E-state index in [1.165, 1.54) is 0 Å². The summed E-state index contributed by atoms with van der Waals surface area (Å²) >= 11 is 0. The molecule has 0 saturated heterocycles. The molecule has 0 fully saturated rings. The van der Waals surface area contributed by atoms with Crippen LogP contribution in [0.3, 0.4) is 0 Å². The average molecular weight is 283 g/mol. The second-order valence-electron chi connectivity index (χ2n) is 5.52. The third kappa shape index (κ3) is 3.30. The van der Waals surface area contributed by atoms with Crippen LogP contribution >= 0.6 is 0 Å². The van der Waals surface area contributed by atoms with Crippen LogP contribution in [0, 0.1) is 27.7 Å². The van der Waals surface area contributed by atoms with Gasteiger partial charge in [0.1, 0.15) is 5.75 Å². The monoisotopic (exact) mass is 283 g/mol. The minimum atomic E-state index is 0.0864. The lowest BCUT2D eigenvalue weighted by molar-refractivity contribution is 0.0991. The molecular formula is C18H21NO2. The number of benzene rings is 1. The minimum Gasteiger partial charge on any atom is -0.496 e. The molecule has 0 bridgehead atoms. The average Bonchev–Trinajstić information content (AvgIpc) is 2.41. The van der Waals surface area contributed by atoms with Crippen LogP contribution in [0.1, 0.15) is 38.3 Å². The zero-order chi connectivity index (χ0) is 15.6. The molecule has 0 aliphatic heterocycles. The van der Waals surface area contributed by atoms with Gasteiger partial charge in [-0.05, 0) is 39.8 Å². The molecule has 0 N–H and O–H groups in total. The molecular weight excluding hydrogens is 262 g/mol. The van der Waals surface area contributed by atoms with Gasteiger partial charge in [0.15, 0.2) is 5.78 Å². The molecule has 3 nitrogen and oxygen atoms in total. The first-order chi connectivity index (χ1) is 9.92. The second kappa shape index (κ2) is 6.08. The fraction of sp³-hybridized carbons (Fsp3) is 0.333. The first-order valence-electron chi connectivity index (χ1n) is 7.03. The Kier molecular flexibility index (Phi) is 4.41. The van der Waals surface area contributed by atoms with Gasteiger partial charge in [-0.2, -0.15) is 0 Å². The molecule has 0 amide bonds. The van der Waals surface area contributed by atoms with Crippen molar-refractivity contribution in [3.8, 4) is 5.75 Å². The molecule has 0 saturated carbocycles. The van der Waals surface area contributed by atoms with Gasteiger partial charge in [0, 0.05) is 22.9 Å². The highest BCUT2D eigenvalue weighted by molar-refractivity contribution is 5.97. The molecule has 0 aliphatic rings. The van der Waals surface area contributed by atoms with E-state index >= 15 is 0 Å². The van der Waals surface area contributed by atoms with E-state index in [1.807, 2.05) is 39.8 Å². The van der Waals surface area contributed by atoms with Crippen molar-refractivity contribution < 1.29 is 9.53 Å². The van der Waals surface area contributed by atoms with Gasteiger partial charge in [-0.25, -0.2) is 0 Å². The topological polar surface area (TPSA) is 39.2 Å². The summed E-state index contributed by atoms with van der Waals surface area (Å²) < 4.78 is 5.39. The number of hydrogen-bond donors (Lipinski definition) is 0. The Bertz CT molecular complexity index is 670. The number of nitrogens with zero attached hydrogens (tertiary/aromatic N) is 1. The lowest BCUT2D eigenvalue weighted by Crippen LogP contribution is -2.08. The summed E-state index contributed by atoms with van der Waals surface area (Å²) in [5.41, 5.74) is 5.65. The molecule has 1 aromatic carbocycles. The third-order valence-corrected chi connectivity index (χ3v) is 3.62. The van der Waals surface area contributed by atoms with Crippen molar-refractivity contribution in [1.82, 2.24) is 4.98 Å².